The Morgan fingerprint density at radius 3 is 2.55 bits per heavy atom. The van der Waals surface area contributed by atoms with Gasteiger partial charge in [-0.2, -0.15) is 0 Å². The zero-order valence-electron chi connectivity index (χ0n) is 11.8. The number of nitrogens with one attached hydrogen (secondary N) is 1. The van der Waals surface area contributed by atoms with Crippen LogP contribution in [0.2, 0.25) is 0 Å². The standard InChI is InChI=1S/C14H21NO4S/c1-11(15-9-14(16)7-8-19-10-14)12-3-5-13(6-4-12)20(2,17)18/h3-6,11,15-16H,7-10H2,1-2H3. The third-order valence-corrected chi connectivity index (χ3v) is 4.76. The van der Waals surface area contributed by atoms with Gasteiger partial charge in [-0.25, -0.2) is 8.42 Å². The minimum atomic E-state index is -3.16. The largest absolute Gasteiger partial charge is 0.386 e. The Balaban J connectivity index is 1.97. The molecule has 0 bridgehead atoms. The lowest BCUT2D eigenvalue weighted by Gasteiger charge is -2.24. The molecule has 20 heavy (non-hydrogen) atoms. The fourth-order valence-corrected chi connectivity index (χ4v) is 2.83. The lowest BCUT2D eigenvalue weighted by atomic mass is 10.0. The molecule has 1 fully saturated rings. The fourth-order valence-electron chi connectivity index (χ4n) is 2.20. The van der Waals surface area contributed by atoms with Crippen molar-refractivity contribution in [2.24, 2.45) is 0 Å². The maximum absolute atomic E-state index is 11.4. The minimum Gasteiger partial charge on any atom is -0.386 e. The highest BCUT2D eigenvalue weighted by Gasteiger charge is 2.32. The summed E-state index contributed by atoms with van der Waals surface area (Å²) in [5, 5.41) is 13.4. The van der Waals surface area contributed by atoms with Crippen molar-refractivity contribution in [3.8, 4) is 0 Å². The zero-order valence-corrected chi connectivity index (χ0v) is 12.6. The third kappa shape index (κ3) is 3.79. The molecule has 1 aromatic rings. The van der Waals surface area contributed by atoms with Gasteiger partial charge in [0.05, 0.1) is 11.5 Å². The van der Waals surface area contributed by atoms with E-state index in [0.29, 0.717) is 31.1 Å². The van der Waals surface area contributed by atoms with E-state index < -0.39 is 15.4 Å². The first-order chi connectivity index (χ1) is 9.30. The van der Waals surface area contributed by atoms with Gasteiger partial charge in [0.1, 0.15) is 5.60 Å². The van der Waals surface area contributed by atoms with E-state index in [1.165, 1.54) is 6.26 Å². The van der Waals surface area contributed by atoms with Crippen LogP contribution in [0.4, 0.5) is 0 Å². The summed E-state index contributed by atoms with van der Waals surface area (Å²) in [6.45, 7) is 3.39. The number of ether oxygens (including phenoxy) is 1. The van der Waals surface area contributed by atoms with Crippen LogP contribution in [-0.2, 0) is 14.6 Å². The van der Waals surface area contributed by atoms with E-state index in [9.17, 15) is 13.5 Å². The van der Waals surface area contributed by atoms with Crippen molar-refractivity contribution in [3.05, 3.63) is 29.8 Å². The van der Waals surface area contributed by atoms with Crippen LogP contribution in [0, 0.1) is 0 Å². The Morgan fingerprint density at radius 2 is 2.05 bits per heavy atom. The predicted molar refractivity (Wildman–Crippen MR) is 76.4 cm³/mol. The molecule has 2 unspecified atom stereocenters. The molecule has 5 nitrogen and oxygen atoms in total. The van der Waals surface area contributed by atoms with Gasteiger partial charge in [-0.05, 0) is 24.6 Å². The maximum atomic E-state index is 11.4. The highest BCUT2D eigenvalue weighted by Crippen LogP contribution is 2.20. The van der Waals surface area contributed by atoms with E-state index in [-0.39, 0.29) is 6.04 Å². The summed E-state index contributed by atoms with van der Waals surface area (Å²) in [6, 6.07) is 6.84. The topological polar surface area (TPSA) is 75.6 Å². The van der Waals surface area contributed by atoms with Crippen LogP contribution in [0.5, 0.6) is 0 Å². The van der Waals surface area contributed by atoms with Gasteiger partial charge in [0.15, 0.2) is 9.84 Å². The zero-order chi connectivity index (χ0) is 14.8. The van der Waals surface area contributed by atoms with Crippen molar-refractivity contribution in [2.75, 3.05) is 26.0 Å². The second-order valence-corrected chi connectivity index (χ2v) is 7.49. The van der Waals surface area contributed by atoms with Crippen molar-refractivity contribution in [3.63, 3.8) is 0 Å². The number of hydrogen-bond donors (Lipinski definition) is 2. The molecule has 1 aliphatic heterocycles. The van der Waals surface area contributed by atoms with Gasteiger partial charge in [0.2, 0.25) is 0 Å². The molecular weight excluding hydrogens is 278 g/mol. The van der Waals surface area contributed by atoms with E-state index >= 15 is 0 Å². The lowest BCUT2D eigenvalue weighted by molar-refractivity contribution is 0.0252. The first kappa shape index (κ1) is 15.4. The summed E-state index contributed by atoms with van der Waals surface area (Å²) in [4.78, 5) is 0.316. The van der Waals surface area contributed by atoms with E-state index in [1.54, 1.807) is 24.3 Å². The van der Waals surface area contributed by atoms with Crippen molar-refractivity contribution >= 4 is 9.84 Å². The first-order valence-electron chi connectivity index (χ1n) is 6.64. The van der Waals surface area contributed by atoms with Crippen molar-refractivity contribution < 1.29 is 18.3 Å². The number of benzene rings is 1. The van der Waals surface area contributed by atoms with Crippen molar-refractivity contribution in [2.45, 2.75) is 29.9 Å². The van der Waals surface area contributed by atoms with Crippen LogP contribution >= 0.6 is 0 Å². The predicted octanol–water partition coefficient (Wildman–Crippen LogP) is 0.892. The average Bonchev–Trinajstić information content (AvgIpc) is 2.83. The highest BCUT2D eigenvalue weighted by molar-refractivity contribution is 7.90. The molecule has 2 rings (SSSR count). The van der Waals surface area contributed by atoms with Crippen LogP contribution in [0.3, 0.4) is 0 Å². The SMILES string of the molecule is CC(NCC1(O)CCOC1)c1ccc(S(C)(=O)=O)cc1. The second kappa shape index (κ2) is 5.81. The van der Waals surface area contributed by atoms with Gasteiger partial charge in [-0.15, -0.1) is 0 Å². The van der Waals surface area contributed by atoms with E-state index in [0.717, 1.165) is 5.56 Å². The molecule has 0 spiro atoms. The molecule has 1 heterocycles. The Bertz CT molecular complexity index is 547. The highest BCUT2D eigenvalue weighted by atomic mass is 32.2. The first-order valence-corrected chi connectivity index (χ1v) is 8.53. The molecule has 0 aliphatic carbocycles. The Morgan fingerprint density at radius 1 is 1.40 bits per heavy atom. The summed E-state index contributed by atoms with van der Waals surface area (Å²) in [7, 11) is -3.16. The molecule has 0 amide bonds. The van der Waals surface area contributed by atoms with Gasteiger partial charge in [-0.3, -0.25) is 0 Å². The Hall–Kier alpha value is -0.950. The summed E-state index contributed by atoms with van der Waals surface area (Å²) in [6.07, 6.45) is 1.83. The summed E-state index contributed by atoms with van der Waals surface area (Å²) in [5.74, 6) is 0. The van der Waals surface area contributed by atoms with Crippen LogP contribution in [-0.4, -0.2) is 45.1 Å². The fraction of sp³-hybridized carbons (Fsp3) is 0.571. The van der Waals surface area contributed by atoms with Crippen LogP contribution in [0.15, 0.2) is 29.2 Å². The smallest absolute Gasteiger partial charge is 0.175 e. The lowest BCUT2D eigenvalue weighted by Crippen LogP contribution is -2.41. The molecule has 0 radical (unpaired) electrons. The molecule has 6 heteroatoms. The van der Waals surface area contributed by atoms with E-state index in [1.807, 2.05) is 6.92 Å². The Kier molecular flexibility index (Phi) is 4.49. The molecule has 2 atom stereocenters. The van der Waals surface area contributed by atoms with Crippen molar-refractivity contribution in [1.82, 2.24) is 5.32 Å². The molecule has 112 valence electrons. The molecule has 1 aliphatic rings. The van der Waals surface area contributed by atoms with E-state index in [2.05, 4.69) is 5.32 Å². The average molecular weight is 299 g/mol. The van der Waals surface area contributed by atoms with E-state index in [4.69, 9.17) is 4.74 Å². The monoisotopic (exact) mass is 299 g/mol. The Labute approximate surface area is 119 Å². The summed E-state index contributed by atoms with van der Waals surface area (Å²) < 4.78 is 28.0. The molecular formula is C14H21NO4S. The normalized spacial score (nSPS) is 24.8. The second-order valence-electron chi connectivity index (χ2n) is 5.47. The molecule has 1 aromatic carbocycles. The summed E-state index contributed by atoms with van der Waals surface area (Å²) in [5.41, 5.74) is 0.195. The van der Waals surface area contributed by atoms with Crippen LogP contribution < -0.4 is 5.32 Å². The van der Waals surface area contributed by atoms with Crippen LogP contribution in [0.1, 0.15) is 24.9 Å². The van der Waals surface area contributed by atoms with Crippen LogP contribution in [0.25, 0.3) is 0 Å². The molecule has 0 aromatic heterocycles. The maximum Gasteiger partial charge on any atom is 0.175 e. The van der Waals surface area contributed by atoms with Gasteiger partial charge >= 0.3 is 0 Å². The number of hydrogen-bond acceptors (Lipinski definition) is 5. The summed E-state index contributed by atoms with van der Waals surface area (Å²) >= 11 is 0. The van der Waals surface area contributed by atoms with Gasteiger partial charge in [0.25, 0.3) is 0 Å². The van der Waals surface area contributed by atoms with Gasteiger partial charge < -0.3 is 15.2 Å². The molecule has 2 N–H and O–H groups in total. The van der Waals surface area contributed by atoms with Gasteiger partial charge in [-0.1, -0.05) is 12.1 Å². The number of rotatable bonds is 5. The number of aliphatic hydroxyl groups is 1. The molecule has 1 saturated heterocycles. The quantitative estimate of drug-likeness (QED) is 0.844. The van der Waals surface area contributed by atoms with Gasteiger partial charge in [0, 0.05) is 31.9 Å². The molecule has 0 saturated carbocycles. The third-order valence-electron chi connectivity index (χ3n) is 3.63. The number of sulfone groups is 1. The van der Waals surface area contributed by atoms with Crippen molar-refractivity contribution in [1.29, 1.82) is 0 Å². The minimum absolute atomic E-state index is 0.0354.